The van der Waals surface area contributed by atoms with E-state index in [9.17, 15) is 27.6 Å². The van der Waals surface area contributed by atoms with Crippen LogP contribution in [-0.4, -0.2) is 79.3 Å². The highest BCUT2D eigenvalue weighted by atomic mass is 79.9. The van der Waals surface area contributed by atoms with Crippen molar-refractivity contribution in [3.63, 3.8) is 0 Å². The van der Waals surface area contributed by atoms with Crippen LogP contribution in [-0.2, 0) is 40.5 Å². The number of allylic oxidation sites excluding steroid dienone is 1. The zero-order valence-electron chi connectivity index (χ0n) is 26.5. The number of alkyl carbamates (subject to hydrolysis) is 1. The Hall–Kier alpha value is -3.23. The molecule has 0 unspecified atom stereocenters. The fraction of sp³-hybridized carbons (Fsp3) is 0.576. The summed E-state index contributed by atoms with van der Waals surface area (Å²) in [6, 6.07) is 3.95. The molecule has 0 spiro atoms. The van der Waals surface area contributed by atoms with Crippen molar-refractivity contribution in [2.75, 3.05) is 13.2 Å². The molecule has 3 fully saturated rings. The van der Waals surface area contributed by atoms with Crippen LogP contribution in [0, 0.1) is 5.92 Å². The third-order valence-electron chi connectivity index (χ3n) is 9.06. The zero-order valence-corrected chi connectivity index (χ0v) is 28.9. The average molecular weight is 736 g/mol. The lowest BCUT2D eigenvalue weighted by molar-refractivity contribution is -0.141. The lowest BCUT2D eigenvalue weighted by atomic mass is 10.1. The van der Waals surface area contributed by atoms with Crippen LogP contribution in [0.5, 0.6) is 0 Å². The zero-order chi connectivity index (χ0) is 33.8. The standard InChI is InChI=1S/C33H43BrN4O8S/c1-3-5-10-27-30(40)38-19-25(46-20-22-14-21(15-24(34)16-22)9-7-6-8-13-45-32(42)35-27)17-28(38)29(39)36-33(18-23(33)4-2)31(41)37-47(43,44)26-11-12-26/h4,7,9,14-16,23,25-28H,2-3,5-6,8,10-13,17-20H2,1H3,(H,35,42)(H,36,39)(H,37,41)/b9-7+/t23-,25+,27-,28-,33+/m0/s1. The second kappa shape index (κ2) is 14.9. The van der Waals surface area contributed by atoms with Crippen molar-refractivity contribution in [1.82, 2.24) is 20.3 Å². The highest BCUT2D eigenvalue weighted by Crippen LogP contribution is 2.45. The molecular weight excluding hydrogens is 692 g/mol. The van der Waals surface area contributed by atoms with Gasteiger partial charge in [-0.1, -0.05) is 53.9 Å². The smallest absolute Gasteiger partial charge is 0.407 e. The van der Waals surface area contributed by atoms with Gasteiger partial charge < -0.3 is 25.0 Å². The van der Waals surface area contributed by atoms with E-state index in [0.717, 1.165) is 22.0 Å². The number of nitrogens with zero attached hydrogens (tertiary/aromatic N) is 1. The Kier molecular flexibility index (Phi) is 11.1. The number of unbranched alkanes of at least 4 members (excludes halogenated alkanes) is 1. The Balaban J connectivity index is 1.40. The topological polar surface area (TPSA) is 160 Å². The molecule has 47 heavy (non-hydrogen) atoms. The highest BCUT2D eigenvalue weighted by molar-refractivity contribution is 9.10. The predicted molar refractivity (Wildman–Crippen MR) is 178 cm³/mol. The molecule has 14 heteroatoms. The number of rotatable bonds is 9. The van der Waals surface area contributed by atoms with Gasteiger partial charge in [0, 0.05) is 23.4 Å². The normalized spacial score (nSPS) is 29.0. The van der Waals surface area contributed by atoms with E-state index in [4.69, 9.17) is 9.47 Å². The van der Waals surface area contributed by atoms with Crippen LogP contribution in [0.2, 0.25) is 0 Å². The Morgan fingerprint density at radius 2 is 2.02 bits per heavy atom. The molecule has 5 rings (SSSR count). The number of ether oxygens (including phenoxy) is 2. The number of carbonyl (C=O) groups is 4. The molecule has 2 saturated carbocycles. The molecular formula is C33H43BrN4O8S. The van der Waals surface area contributed by atoms with Crippen LogP contribution in [0.4, 0.5) is 4.79 Å². The number of halogens is 1. The largest absolute Gasteiger partial charge is 0.450 e. The fourth-order valence-corrected chi connectivity index (χ4v) is 8.06. The number of amides is 4. The molecule has 1 aromatic rings. The first-order valence-corrected chi connectivity index (χ1v) is 18.6. The summed E-state index contributed by atoms with van der Waals surface area (Å²) < 4.78 is 39.8. The molecule has 0 aromatic heterocycles. The second-order valence-electron chi connectivity index (χ2n) is 12.8. The van der Waals surface area contributed by atoms with Crippen LogP contribution < -0.4 is 15.4 Å². The van der Waals surface area contributed by atoms with Gasteiger partial charge in [0.15, 0.2) is 0 Å². The van der Waals surface area contributed by atoms with Gasteiger partial charge in [0.05, 0.1) is 24.6 Å². The van der Waals surface area contributed by atoms with Crippen LogP contribution in [0.25, 0.3) is 6.08 Å². The van der Waals surface area contributed by atoms with E-state index in [1.165, 1.54) is 11.0 Å². The van der Waals surface area contributed by atoms with Crippen molar-refractivity contribution in [2.45, 2.75) is 100 Å². The van der Waals surface area contributed by atoms with E-state index in [1.807, 2.05) is 37.3 Å². The van der Waals surface area contributed by atoms with E-state index >= 15 is 0 Å². The second-order valence-corrected chi connectivity index (χ2v) is 15.6. The number of carbonyl (C=O) groups excluding carboxylic acids is 4. The summed E-state index contributed by atoms with van der Waals surface area (Å²) in [7, 11) is -3.85. The minimum absolute atomic E-state index is 0.0805. The molecule has 3 N–H and O–H groups in total. The number of cyclic esters (lactones) is 1. The molecule has 4 bridgehead atoms. The fourth-order valence-electron chi connectivity index (χ4n) is 6.13. The Bertz CT molecular complexity index is 1530. The van der Waals surface area contributed by atoms with Gasteiger partial charge in [0.1, 0.15) is 17.6 Å². The van der Waals surface area contributed by atoms with Crippen molar-refractivity contribution in [3.05, 3.63) is 52.5 Å². The monoisotopic (exact) mass is 734 g/mol. The minimum Gasteiger partial charge on any atom is -0.450 e. The molecule has 2 aliphatic heterocycles. The summed E-state index contributed by atoms with van der Waals surface area (Å²) >= 11 is 3.56. The van der Waals surface area contributed by atoms with Crippen molar-refractivity contribution in [1.29, 1.82) is 0 Å². The summed E-state index contributed by atoms with van der Waals surface area (Å²) in [4.78, 5) is 55.6. The van der Waals surface area contributed by atoms with Crippen molar-refractivity contribution in [3.8, 4) is 0 Å². The third-order valence-corrected chi connectivity index (χ3v) is 11.3. The molecule has 256 valence electrons. The van der Waals surface area contributed by atoms with Gasteiger partial charge in [-0.05, 0) is 67.9 Å². The van der Waals surface area contributed by atoms with Gasteiger partial charge in [-0.25, -0.2) is 13.2 Å². The summed E-state index contributed by atoms with van der Waals surface area (Å²) in [5, 5.41) is 4.88. The molecule has 4 aliphatic rings. The van der Waals surface area contributed by atoms with Crippen molar-refractivity contribution >= 4 is 55.8 Å². The lowest BCUT2D eigenvalue weighted by Gasteiger charge is -2.29. The van der Waals surface area contributed by atoms with Gasteiger partial charge in [0.2, 0.25) is 21.8 Å². The van der Waals surface area contributed by atoms with E-state index in [1.54, 1.807) is 0 Å². The molecule has 0 radical (unpaired) electrons. The maximum absolute atomic E-state index is 14.1. The molecule has 12 nitrogen and oxygen atoms in total. The van der Waals surface area contributed by atoms with Crippen LogP contribution >= 0.6 is 15.9 Å². The third kappa shape index (κ3) is 8.63. The Labute approximate surface area is 284 Å². The number of fused-ring (bicyclic) bond motifs is 4. The molecule has 1 saturated heterocycles. The van der Waals surface area contributed by atoms with E-state index in [2.05, 4.69) is 37.9 Å². The van der Waals surface area contributed by atoms with Crippen molar-refractivity contribution in [2.24, 2.45) is 5.92 Å². The minimum atomic E-state index is -3.85. The van der Waals surface area contributed by atoms with Gasteiger partial charge in [0.25, 0.3) is 5.91 Å². The van der Waals surface area contributed by atoms with Gasteiger partial charge >= 0.3 is 6.09 Å². The maximum Gasteiger partial charge on any atom is 0.407 e. The first kappa shape index (κ1) is 35.1. The van der Waals surface area contributed by atoms with Gasteiger partial charge in [-0.15, -0.1) is 6.58 Å². The van der Waals surface area contributed by atoms with E-state index < -0.39 is 68.7 Å². The summed E-state index contributed by atoms with van der Waals surface area (Å²) in [5.41, 5.74) is 0.372. The first-order chi connectivity index (χ1) is 22.5. The number of nitrogens with one attached hydrogen (secondary N) is 3. The SMILES string of the molecule is C=C[C@H]1C[C@]1(NC(=O)[C@@H]1C[C@@H]2CN1C(=O)[C@H](CCCC)NC(=O)OCCC/C=C/c1cc(Br)cc(c1)CO2)C(=O)NS(=O)(=O)C1CC1. The molecule has 2 aliphatic carbocycles. The highest BCUT2D eigenvalue weighted by Gasteiger charge is 2.62. The van der Waals surface area contributed by atoms with Crippen molar-refractivity contribution < 1.29 is 37.1 Å². The average Bonchev–Trinajstić information content (AvgIpc) is 3.95. The maximum atomic E-state index is 14.1. The van der Waals surface area contributed by atoms with Gasteiger partial charge in [-0.2, -0.15) is 0 Å². The molecule has 5 atom stereocenters. The summed E-state index contributed by atoms with van der Waals surface area (Å²) in [6.07, 6.45) is 8.61. The number of sulfonamides is 1. The number of hydrogen-bond donors (Lipinski definition) is 3. The van der Waals surface area contributed by atoms with E-state index in [0.29, 0.717) is 38.5 Å². The lowest BCUT2D eigenvalue weighted by Crippen LogP contribution is -2.58. The number of benzene rings is 1. The quantitative estimate of drug-likeness (QED) is 0.324. The van der Waals surface area contributed by atoms with Crippen LogP contribution in [0.15, 0.2) is 41.4 Å². The number of hydrogen-bond acceptors (Lipinski definition) is 8. The molecule has 2 heterocycles. The van der Waals surface area contributed by atoms with E-state index in [-0.39, 0.29) is 32.6 Å². The molecule has 1 aromatic carbocycles. The van der Waals surface area contributed by atoms with Crippen LogP contribution in [0.1, 0.15) is 75.8 Å². The Morgan fingerprint density at radius 3 is 2.72 bits per heavy atom. The molecule has 4 amide bonds. The summed E-state index contributed by atoms with van der Waals surface area (Å²) in [6.45, 7) is 6.21. The first-order valence-electron chi connectivity index (χ1n) is 16.3. The predicted octanol–water partition coefficient (Wildman–Crippen LogP) is 3.70. The van der Waals surface area contributed by atoms with Crippen LogP contribution in [0.3, 0.4) is 0 Å². The Morgan fingerprint density at radius 1 is 1.23 bits per heavy atom. The van der Waals surface area contributed by atoms with Gasteiger partial charge in [-0.3, -0.25) is 19.1 Å². The summed E-state index contributed by atoms with van der Waals surface area (Å²) in [5.74, 6) is -2.35.